The summed E-state index contributed by atoms with van der Waals surface area (Å²) in [4.78, 5) is 7.16. The lowest BCUT2D eigenvalue weighted by molar-refractivity contribution is 0.152. The SMILES string of the molecule is CCNC(=NCCN1CCCC(C)C1)NCCOCC. The number of likely N-dealkylation sites (tertiary alicyclic amines) is 1. The second-order valence-corrected chi connectivity index (χ2v) is 5.43. The molecule has 0 bridgehead atoms. The van der Waals surface area contributed by atoms with Gasteiger partial charge in [0.2, 0.25) is 0 Å². The van der Waals surface area contributed by atoms with Crippen LogP contribution in [0, 0.1) is 5.92 Å². The highest BCUT2D eigenvalue weighted by Crippen LogP contribution is 2.14. The summed E-state index contributed by atoms with van der Waals surface area (Å²) in [6.45, 7) is 14.0. The van der Waals surface area contributed by atoms with E-state index in [-0.39, 0.29) is 0 Å². The number of hydrogen-bond acceptors (Lipinski definition) is 3. The highest BCUT2D eigenvalue weighted by atomic mass is 16.5. The number of hydrogen-bond donors (Lipinski definition) is 2. The maximum Gasteiger partial charge on any atom is 0.191 e. The van der Waals surface area contributed by atoms with E-state index in [1.165, 1.54) is 25.9 Å². The fraction of sp³-hybridized carbons (Fsp3) is 0.933. The van der Waals surface area contributed by atoms with Gasteiger partial charge in [0.15, 0.2) is 5.96 Å². The summed E-state index contributed by atoms with van der Waals surface area (Å²) in [5.41, 5.74) is 0. The van der Waals surface area contributed by atoms with Gasteiger partial charge in [0, 0.05) is 32.8 Å². The van der Waals surface area contributed by atoms with Crippen molar-refractivity contribution in [2.45, 2.75) is 33.6 Å². The van der Waals surface area contributed by atoms with Crippen molar-refractivity contribution in [3.8, 4) is 0 Å². The first-order chi connectivity index (χ1) is 9.76. The molecule has 0 aromatic heterocycles. The van der Waals surface area contributed by atoms with E-state index in [4.69, 9.17) is 4.74 Å². The minimum atomic E-state index is 0.727. The highest BCUT2D eigenvalue weighted by Gasteiger charge is 2.15. The predicted molar refractivity (Wildman–Crippen MR) is 85.3 cm³/mol. The van der Waals surface area contributed by atoms with Crippen LogP contribution in [0.1, 0.15) is 33.6 Å². The zero-order valence-electron chi connectivity index (χ0n) is 13.5. The van der Waals surface area contributed by atoms with Crippen LogP contribution in [-0.2, 0) is 4.74 Å². The molecule has 0 spiro atoms. The van der Waals surface area contributed by atoms with Gasteiger partial charge in [-0.15, -0.1) is 0 Å². The summed E-state index contributed by atoms with van der Waals surface area (Å²) in [5.74, 6) is 1.74. The first-order valence-electron chi connectivity index (χ1n) is 8.08. The van der Waals surface area contributed by atoms with Gasteiger partial charge >= 0.3 is 0 Å². The van der Waals surface area contributed by atoms with Crippen LogP contribution in [-0.4, -0.2) is 63.3 Å². The van der Waals surface area contributed by atoms with Crippen LogP contribution < -0.4 is 10.6 Å². The third kappa shape index (κ3) is 7.70. The Balaban J connectivity index is 2.23. The van der Waals surface area contributed by atoms with Crippen molar-refractivity contribution in [2.24, 2.45) is 10.9 Å². The van der Waals surface area contributed by atoms with E-state index < -0.39 is 0 Å². The largest absolute Gasteiger partial charge is 0.380 e. The van der Waals surface area contributed by atoms with Gasteiger partial charge in [0.05, 0.1) is 13.2 Å². The first kappa shape index (κ1) is 17.2. The number of aliphatic imine (C=N–C) groups is 1. The molecule has 1 aliphatic heterocycles. The Hall–Kier alpha value is -0.810. The molecule has 0 aliphatic carbocycles. The lowest BCUT2D eigenvalue weighted by Gasteiger charge is -2.30. The monoisotopic (exact) mass is 284 g/mol. The summed E-state index contributed by atoms with van der Waals surface area (Å²) >= 11 is 0. The van der Waals surface area contributed by atoms with Gasteiger partial charge < -0.3 is 20.3 Å². The number of ether oxygens (including phenoxy) is 1. The summed E-state index contributed by atoms with van der Waals surface area (Å²) in [6, 6.07) is 0. The summed E-state index contributed by atoms with van der Waals surface area (Å²) in [6.07, 6.45) is 2.71. The number of nitrogens with zero attached hydrogens (tertiary/aromatic N) is 2. The highest BCUT2D eigenvalue weighted by molar-refractivity contribution is 5.79. The Morgan fingerprint density at radius 2 is 2.20 bits per heavy atom. The zero-order valence-corrected chi connectivity index (χ0v) is 13.5. The molecular weight excluding hydrogens is 252 g/mol. The van der Waals surface area contributed by atoms with Crippen LogP contribution in [0.15, 0.2) is 4.99 Å². The molecule has 1 aliphatic rings. The zero-order chi connectivity index (χ0) is 14.6. The number of guanidine groups is 1. The van der Waals surface area contributed by atoms with E-state index in [1.54, 1.807) is 0 Å². The molecule has 1 atom stereocenters. The van der Waals surface area contributed by atoms with Crippen molar-refractivity contribution in [3.63, 3.8) is 0 Å². The smallest absolute Gasteiger partial charge is 0.191 e. The third-order valence-corrected chi connectivity index (χ3v) is 3.51. The van der Waals surface area contributed by atoms with E-state index in [2.05, 4.69) is 34.4 Å². The van der Waals surface area contributed by atoms with Gasteiger partial charge in [-0.25, -0.2) is 0 Å². The van der Waals surface area contributed by atoms with E-state index in [0.29, 0.717) is 0 Å². The fourth-order valence-corrected chi connectivity index (χ4v) is 2.52. The van der Waals surface area contributed by atoms with E-state index in [0.717, 1.165) is 51.3 Å². The Kier molecular flexibility index (Phi) is 9.41. The fourth-order valence-electron chi connectivity index (χ4n) is 2.52. The molecule has 5 nitrogen and oxygen atoms in total. The predicted octanol–water partition coefficient (Wildman–Crippen LogP) is 1.31. The number of nitrogens with one attached hydrogen (secondary N) is 2. The van der Waals surface area contributed by atoms with Crippen molar-refractivity contribution >= 4 is 5.96 Å². The lowest BCUT2D eigenvalue weighted by atomic mass is 10.0. The normalized spacial score (nSPS) is 20.9. The van der Waals surface area contributed by atoms with Crippen LogP contribution in [0.3, 0.4) is 0 Å². The van der Waals surface area contributed by atoms with E-state index in [9.17, 15) is 0 Å². The van der Waals surface area contributed by atoms with Crippen LogP contribution in [0.4, 0.5) is 0 Å². The quantitative estimate of drug-likeness (QED) is 0.401. The van der Waals surface area contributed by atoms with Crippen LogP contribution >= 0.6 is 0 Å². The molecule has 5 heteroatoms. The Bertz CT molecular complexity index is 271. The van der Waals surface area contributed by atoms with Gasteiger partial charge in [-0.1, -0.05) is 6.92 Å². The van der Waals surface area contributed by atoms with E-state index >= 15 is 0 Å². The third-order valence-electron chi connectivity index (χ3n) is 3.51. The van der Waals surface area contributed by atoms with Gasteiger partial charge in [-0.3, -0.25) is 4.99 Å². The molecule has 1 unspecified atom stereocenters. The standard InChI is InChI=1S/C15H32N4O/c1-4-16-15(18-9-12-20-5-2)17-8-11-19-10-6-7-14(3)13-19/h14H,4-13H2,1-3H3,(H2,16,17,18). The summed E-state index contributed by atoms with van der Waals surface area (Å²) in [5, 5.41) is 6.57. The molecule has 0 aromatic rings. The molecule has 20 heavy (non-hydrogen) atoms. The molecule has 1 saturated heterocycles. The average Bonchev–Trinajstić information content (AvgIpc) is 2.43. The van der Waals surface area contributed by atoms with Crippen LogP contribution in [0.2, 0.25) is 0 Å². The van der Waals surface area contributed by atoms with Crippen molar-refractivity contribution in [3.05, 3.63) is 0 Å². The maximum absolute atomic E-state index is 5.32. The number of piperidine rings is 1. The van der Waals surface area contributed by atoms with Crippen molar-refractivity contribution in [1.29, 1.82) is 0 Å². The first-order valence-corrected chi connectivity index (χ1v) is 8.08. The minimum absolute atomic E-state index is 0.727. The lowest BCUT2D eigenvalue weighted by Crippen LogP contribution is -2.40. The topological polar surface area (TPSA) is 48.9 Å². The van der Waals surface area contributed by atoms with Gasteiger partial charge in [0.25, 0.3) is 0 Å². The molecule has 0 radical (unpaired) electrons. The molecule has 0 saturated carbocycles. The second-order valence-electron chi connectivity index (χ2n) is 5.43. The van der Waals surface area contributed by atoms with Crippen LogP contribution in [0.5, 0.6) is 0 Å². The molecule has 0 amide bonds. The molecule has 1 rings (SSSR count). The average molecular weight is 284 g/mol. The summed E-state index contributed by atoms with van der Waals surface area (Å²) in [7, 11) is 0. The Morgan fingerprint density at radius 1 is 1.35 bits per heavy atom. The van der Waals surface area contributed by atoms with Gasteiger partial charge in [-0.05, 0) is 39.2 Å². The maximum atomic E-state index is 5.32. The van der Waals surface area contributed by atoms with Crippen LogP contribution in [0.25, 0.3) is 0 Å². The molecule has 0 aromatic carbocycles. The van der Waals surface area contributed by atoms with Gasteiger partial charge in [-0.2, -0.15) is 0 Å². The molecule has 2 N–H and O–H groups in total. The van der Waals surface area contributed by atoms with E-state index in [1.807, 2.05) is 6.92 Å². The molecule has 1 fully saturated rings. The Morgan fingerprint density at radius 3 is 2.90 bits per heavy atom. The Labute approximate surface area is 124 Å². The van der Waals surface area contributed by atoms with Crippen molar-refractivity contribution in [1.82, 2.24) is 15.5 Å². The molecule has 1 heterocycles. The van der Waals surface area contributed by atoms with Gasteiger partial charge in [0.1, 0.15) is 0 Å². The molecule has 118 valence electrons. The minimum Gasteiger partial charge on any atom is -0.380 e. The van der Waals surface area contributed by atoms with Crippen molar-refractivity contribution in [2.75, 3.05) is 52.5 Å². The summed E-state index contributed by atoms with van der Waals surface area (Å²) < 4.78 is 5.32. The molecular formula is C15H32N4O. The van der Waals surface area contributed by atoms with Crippen molar-refractivity contribution < 1.29 is 4.74 Å². The second kappa shape index (κ2) is 10.9. The number of rotatable bonds is 8.